The summed E-state index contributed by atoms with van der Waals surface area (Å²) >= 11 is 0. The first kappa shape index (κ1) is 11.6. The quantitative estimate of drug-likeness (QED) is 0.621. The van der Waals surface area contributed by atoms with E-state index in [9.17, 15) is 9.59 Å². The molecular weight excluding hydrogens is 234 g/mol. The van der Waals surface area contributed by atoms with Crippen molar-refractivity contribution in [2.45, 2.75) is 0 Å². The lowest BCUT2D eigenvalue weighted by molar-refractivity contribution is 0.0998. The third-order valence-corrected chi connectivity index (χ3v) is 2.27. The summed E-state index contributed by atoms with van der Waals surface area (Å²) in [6, 6.07) is 7.64. The lowest BCUT2D eigenvalue weighted by atomic mass is 10.2. The molecule has 0 spiro atoms. The highest BCUT2D eigenvalue weighted by atomic mass is 16.2. The van der Waals surface area contributed by atoms with Gasteiger partial charge >= 0.3 is 0 Å². The Morgan fingerprint density at radius 2 is 1.89 bits per heavy atom. The van der Waals surface area contributed by atoms with Gasteiger partial charge in [0.1, 0.15) is 11.5 Å². The van der Waals surface area contributed by atoms with E-state index in [-0.39, 0.29) is 17.4 Å². The van der Waals surface area contributed by atoms with Crippen molar-refractivity contribution in [1.82, 2.24) is 10.2 Å². The van der Waals surface area contributed by atoms with Gasteiger partial charge < -0.3 is 16.8 Å². The SMILES string of the molecule is NC(=O)c1ccc(NC(=O)c2cc(N)n[nH]2)cc1. The fourth-order valence-corrected chi connectivity index (χ4v) is 1.37. The molecule has 2 aromatic rings. The van der Waals surface area contributed by atoms with Crippen molar-refractivity contribution in [3.05, 3.63) is 41.6 Å². The predicted molar refractivity (Wildman–Crippen MR) is 65.9 cm³/mol. The average Bonchev–Trinajstić information content (AvgIpc) is 2.76. The standard InChI is InChI=1S/C11H11N5O2/c12-9-5-8(15-16-9)11(18)14-7-3-1-6(2-4-7)10(13)17/h1-5H,(H2,13,17)(H,14,18)(H3,12,15,16). The van der Waals surface area contributed by atoms with E-state index >= 15 is 0 Å². The molecule has 92 valence electrons. The number of primary amides is 1. The second-order valence-electron chi connectivity index (χ2n) is 3.60. The molecular formula is C11H11N5O2. The number of aromatic amines is 1. The Bertz CT molecular complexity index is 588. The molecule has 0 aliphatic heterocycles. The fraction of sp³-hybridized carbons (Fsp3) is 0. The first-order valence-electron chi connectivity index (χ1n) is 5.08. The van der Waals surface area contributed by atoms with E-state index in [1.807, 2.05) is 0 Å². The topological polar surface area (TPSA) is 127 Å². The zero-order valence-corrected chi connectivity index (χ0v) is 9.31. The van der Waals surface area contributed by atoms with Crippen molar-refractivity contribution in [3.63, 3.8) is 0 Å². The number of carbonyl (C=O) groups excluding carboxylic acids is 2. The van der Waals surface area contributed by atoms with E-state index in [4.69, 9.17) is 11.5 Å². The number of carbonyl (C=O) groups is 2. The number of nitrogens with two attached hydrogens (primary N) is 2. The highest BCUT2D eigenvalue weighted by molar-refractivity contribution is 6.03. The second-order valence-corrected chi connectivity index (χ2v) is 3.60. The van der Waals surface area contributed by atoms with Gasteiger partial charge in [-0.1, -0.05) is 0 Å². The first-order chi connectivity index (χ1) is 8.56. The Morgan fingerprint density at radius 3 is 2.39 bits per heavy atom. The number of hydrogen-bond donors (Lipinski definition) is 4. The van der Waals surface area contributed by atoms with E-state index in [1.165, 1.54) is 18.2 Å². The third kappa shape index (κ3) is 2.46. The van der Waals surface area contributed by atoms with Crippen molar-refractivity contribution < 1.29 is 9.59 Å². The van der Waals surface area contributed by atoms with Crippen LogP contribution in [0.5, 0.6) is 0 Å². The van der Waals surface area contributed by atoms with Crippen molar-refractivity contribution in [1.29, 1.82) is 0 Å². The molecule has 1 heterocycles. The maximum Gasteiger partial charge on any atom is 0.273 e. The van der Waals surface area contributed by atoms with Crippen LogP contribution in [0.25, 0.3) is 0 Å². The second kappa shape index (κ2) is 4.58. The van der Waals surface area contributed by atoms with E-state index in [0.717, 1.165) is 0 Å². The number of H-pyrrole nitrogens is 1. The molecule has 0 unspecified atom stereocenters. The Kier molecular flexibility index (Phi) is 2.96. The number of amides is 2. The molecule has 0 bridgehead atoms. The maximum absolute atomic E-state index is 11.7. The molecule has 0 fully saturated rings. The first-order valence-corrected chi connectivity index (χ1v) is 5.08. The highest BCUT2D eigenvalue weighted by Gasteiger charge is 2.09. The minimum atomic E-state index is -0.519. The maximum atomic E-state index is 11.7. The van der Waals surface area contributed by atoms with Gasteiger partial charge in [-0.15, -0.1) is 0 Å². The van der Waals surface area contributed by atoms with Crippen LogP contribution in [0.15, 0.2) is 30.3 Å². The number of benzene rings is 1. The van der Waals surface area contributed by atoms with Crippen LogP contribution in [-0.2, 0) is 0 Å². The van der Waals surface area contributed by atoms with E-state index in [0.29, 0.717) is 11.3 Å². The lowest BCUT2D eigenvalue weighted by Crippen LogP contribution is -2.13. The van der Waals surface area contributed by atoms with Gasteiger partial charge in [-0.25, -0.2) is 0 Å². The molecule has 0 atom stereocenters. The molecule has 0 aliphatic carbocycles. The van der Waals surface area contributed by atoms with Crippen molar-refractivity contribution in [2.75, 3.05) is 11.1 Å². The minimum Gasteiger partial charge on any atom is -0.382 e. The van der Waals surface area contributed by atoms with Gasteiger partial charge in [-0.3, -0.25) is 14.7 Å². The summed E-state index contributed by atoms with van der Waals surface area (Å²) < 4.78 is 0. The Labute approximate surface area is 102 Å². The number of nitrogen functional groups attached to an aromatic ring is 1. The van der Waals surface area contributed by atoms with Crippen LogP contribution < -0.4 is 16.8 Å². The number of nitrogens with one attached hydrogen (secondary N) is 2. The summed E-state index contributed by atoms with van der Waals surface area (Å²) in [4.78, 5) is 22.6. The highest BCUT2D eigenvalue weighted by Crippen LogP contribution is 2.11. The van der Waals surface area contributed by atoms with Crippen molar-refractivity contribution in [3.8, 4) is 0 Å². The summed E-state index contributed by atoms with van der Waals surface area (Å²) in [7, 11) is 0. The molecule has 2 amide bonds. The molecule has 6 N–H and O–H groups in total. The van der Waals surface area contributed by atoms with Gasteiger partial charge in [0.2, 0.25) is 5.91 Å². The van der Waals surface area contributed by atoms with Crippen LogP contribution in [0, 0.1) is 0 Å². The Balaban J connectivity index is 2.10. The van der Waals surface area contributed by atoms with E-state index in [2.05, 4.69) is 15.5 Å². The van der Waals surface area contributed by atoms with Gasteiger partial charge in [0, 0.05) is 17.3 Å². The van der Waals surface area contributed by atoms with Gasteiger partial charge in [0.05, 0.1) is 0 Å². The van der Waals surface area contributed by atoms with Gasteiger partial charge in [0.25, 0.3) is 5.91 Å². The van der Waals surface area contributed by atoms with E-state index in [1.54, 1.807) is 12.1 Å². The number of anilines is 2. The Hall–Kier alpha value is -2.83. The molecule has 2 rings (SSSR count). The van der Waals surface area contributed by atoms with Crippen LogP contribution in [0.4, 0.5) is 11.5 Å². The van der Waals surface area contributed by atoms with Crippen LogP contribution in [-0.4, -0.2) is 22.0 Å². The lowest BCUT2D eigenvalue weighted by Gasteiger charge is -2.03. The van der Waals surface area contributed by atoms with Crippen molar-refractivity contribution >= 4 is 23.3 Å². The molecule has 18 heavy (non-hydrogen) atoms. The molecule has 0 radical (unpaired) electrons. The van der Waals surface area contributed by atoms with Gasteiger partial charge in [-0.05, 0) is 24.3 Å². The van der Waals surface area contributed by atoms with Crippen LogP contribution in [0.3, 0.4) is 0 Å². The fourth-order valence-electron chi connectivity index (χ4n) is 1.37. The average molecular weight is 245 g/mol. The number of rotatable bonds is 3. The van der Waals surface area contributed by atoms with Gasteiger partial charge in [-0.2, -0.15) is 5.10 Å². The summed E-state index contributed by atoms with van der Waals surface area (Å²) in [6.45, 7) is 0. The van der Waals surface area contributed by atoms with Crippen molar-refractivity contribution in [2.24, 2.45) is 5.73 Å². The minimum absolute atomic E-state index is 0.240. The van der Waals surface area contributed by atoms with Crippen LogP contribution >= 0.6 is 0 Å². The largest absolute Gasteiger partial charge is 0.382 e. The van der Waals surface area contributed by atoms with Gasteiger partial charge in [0.15, 0.2) is 0 Å². The summed E-state index contributed by atoms with van der Waals surface area (Å²) in [5, 5.41) is 8.76. The number of hydrogen-bond acceptors (Lipinski definition) is 4. The monoisotopic (exact) mass is 245 g/mol. The number of aromatic nitrogens is 2. The summed E-state index contributed by atoms with van der Waals surface area (Å²) in [6.07, 6.45) is 0. The molecule has 0 aliphatic rings. The summed E-state index contributed by atoms with van der Waals surface area (Å²) in [5.41, 5.74) is 11.7. The molecule has 0 saturated heterocycles. The summed E-state index contributed by atoms with van der Waals surface area (Å²) in [5.74, 6) is -0.649. The number of nitrogens with zero attached hydrogens (tertiary/aromatic N) is 1. The molecule has 1 aromatic carbocycles. The predicted octanol–water partition coefficient (Wildman–Crippen LogP) is 0.343. The Morgan fingerprint density at radius 1 is 1.22 bits per heavy atom. The smallest absolute Gasteiger partial charge is 0.273 e. The molecule has 7 heteroatoms. The molecule has 1 aromatic heterocycles. The van der Waals surface area contributed by atoms with E-state index < -0.39 is 5.91 Å². The molecule has 0 saturated carbocycles. The van der Waals surface area contributed by atoms with Crippen LogP contribution in [0.1, 0.15) is 20.8 Å². The molecule has 7 nitrogen and oxygen atoms in total. The zero-order chi connectivity index (χ0) is 13.1. The normalized spacial score (nSPS) is 10.0. The van der Waals surface area contributed by atoms with Crippen LogP contribution in [0.2, 0.25) is 0 Å². The zero-order valence-electron chi connectivity index (χ0n) is 9.31. The third-order valence-electron chi connectivity index (χ3n) is 2.27.